The van der Waals surface area contributed by atoms with E-state index in [2.05, 4.69) is 27.0 Å². The summed E-state index contributed by atoms with van der Waals surface area (Å²) in [6, 6.07) is 12.5. The van der Waals surface area contributed by atoms with Gasteiger partial charge in [0.25, 0.3) is 0 Å². The fraction of sp³-hybridized carbons (Fsp3) is 0.188. The van der Waals surface area contributed by atoms with Crippen molar-refractivity contribution in [1.82, 2.24) is 0 Å². The quantitative estimate of drug-likeness (QED) is 0.790. The van der Waals surface area contributed by atoms with Crippen molar-refractivity contribution < 1.29 is 19.7 Å². The second kappa shape index (κ2) is 8.03. The van der Waals surface area contributed by atoms with Gasteiger partial charge in [0.2, 0.25) is 0 Å². The third kappa shape index (κ3) is 4.91. The van der Waals surface area contributed by atoms with Crippen LogP contribution in [-0.4, -0.2) is 18.9 Å². The van der Waals surface area contributed by atoms with E-state index in [1.165, 1.54) is 6.07 Å². The van der Waals surface area contributed by atoms with Gasteiger partial charge in [0.15, 0.2) is 17.3 Å². The highest BCUT2D eigenvalue weighted by Crippen LogP contribution is 2.26. The Bertz CT molecular complexity index is 650. The molecule has 0 unspecified atom stereocenters. The zero-order valence-electron chi connectivity index (χ0n) is 11.9. The molecule has 0 amide bonds. The number of benzene rings is 2. The Labute approximate surface area is 136 Å². The number of Topliss-reactive ketones (excluding diaryl/α,β-unsaturated/α-hetero) is 1. The molecule has 2 rings (SSSR count). The number of hydrogen-bond donors (Lipinski definition) is 2. The van der Waals surface area contributed by atoms with Crippen LogP contribution in [0.4, 0.5) is 15.8 Å². The molecule has 4 N–H and O–H groups in total. The van der Waals surface area contributed by atoms with Crippen molar-refractivity contribution in [2.75, 3.05) is 18.5 Å². The fourth-order valence-corrected chi connectivity index (χ4v) is 2.36. The first kappa shape index (κ1) is 16.6. The summed E-state index contributed by atoms with van der Waals surface area (Å²) in [6.07, 6.45) is 0. The molecule has 0 saturated heterocycles. The third-order valence-electron chi connectivity index (χ3n) is 2.99. The van der Waals surface area contributed by atoms with Crippen LogP contribution in [0.3, 0.4) is 0 Å². The standard InChI is InChI=1S/C16H16BrFN2O2/c17-13-6-15(19)14(18)7-16(13)20-8-12(21)10-22-9-11-4-2-1-3-5-11/h1-7,20H,8-10,19H2/p+1. The van der Waals surface area contributed by atoms with Crippen molar-refractivity contribution in [3.8, 4) is 0 Å². The van der Waals surface area contributed by atoms with Crippen molar-refractivity contribution in [3.63, 3.8) is 0 Å². The summed E-state index contributed by atoms with van der Waals surface area (Å²) in [5, 5.41) is 2.89. The van der Waals surface area contributed by atoms with Crippen LogP contribution in [0.1, 0.15) is 5.56 Å². The molecule has 0 fully saturated rings. The van der Waals surface area contributed by atoms with Gasteiger partial charge in [0.1, 0.15) is 6.61 Å². The summed E-state index contributed by atoms with van der Waals surface area (Å²) in [5.41, 5.74) is 5.40. The number of ether oxygens (including phenoxy) is 1. The SMILES string of the molecule is [NH3+]c1cc(Br)c(NCC(=O)COCc2ccccc2)cc1F. The first-order chi connectivity index (χ1) is 10.6. The van der Waals surface area contributed by atoms with Crippen molar-refractivity contribution in [3.05, 3.63) is 58.3 Å². The van der Waals surface area contributed by atoms with E-state index in [9.17, 15) is 9.18 Å². The van der Waals surface area contributed by atoms with Crippen LogP contribution in [0.25, 0.3) is 0 Å². The van der Waals surface area contributed by atoms with Gasteiger partial charge in [-0.15, -0.1) is 0 Å². The van der Waals surface area contributed by atoms with Gasteiger partial charge in [-0.3, -0.25) is 4.79 Å². The fourth-order valence-electron chi connectivity index (χ4n) is 1.83. The third-order valence-corrected chi connectivity index (χ3v) is 3.64. The Hall–Kier alpha value is -1.76. The van der Waals surface area contributed by atoms with E-state index in [1.807, 2.05) is 30.3 Å². The van der Waals surface area contributed by atoms with Crippen LogP contribution in [0.15, 0.2) is 46.9 Å². The molecule has 0 aliphatic carbocycles. The average molecular weight is 368 g/mol. The molecule has 0 saturated carbocycles. The minimum Gasteiger partial charge on any atom is -0.377 e. The first-order valence-corrected chi connectivity index (χ1v) is 7.54. The highest BCUT2D eigenvalue weighted by Gasteiger charge is 2.09. The van der Waals surface area contributed by atoms with Gasteiger partial charge < -0.3 is 15.8 Å². The van der Waals surface area contributed by atoms with E-state index < -0.39 is 5.82 Å². The predicted octanol–water partition coefficient (Wildman–Crippen LogP) is 2.66. The zero-order valence-corrected chi connectivity index (χ0v) is 13.5. The van der Waals surface area contributed by atoms with Gasteiger partial charge in [-0.1, -0.05) is 30.3 Å². The van der Waals surface area contributed by atoms with Crippen molar-refractivity contribution in [1.29, 1.82) is 0 Å². The van der Waals surface area contributed by atoms with Crippen LogP contribution in [0.2, 0.25) is 0 Å². The second-order valence-electron chi connectivity index (χ2n) is 4.79. The Balaban J connectivity index is 1.77. The molecule has 0 aliphatic heterocycles. The Kier molecular flexibility index (Phi) is 6.06. The lowest BCUT2D eigenvalue weighted by Gasteiger charge is -2.09. The lowest BCUT2D eigenvalue weighted by molar-refractivity contribution is -0.258. The summed E-state index contributed by atoms with van der Waals surface area (Å²) in [7, 11) is 0. The first-order valence-electron chi connectivity index (χ1n) is 6.74. The summed E-state index contributed by atoms with van der Waals surface area (Å²) in [4.78, 5) is 11.8. The lowest BCUT2D eigenvalue weighted by Crippen LogP contribution is -2.41. The largest absolute Gasteiger partial charge is 0.377 e. The number of halogens is 2. The zero-order chi connectivity index (χ0) is 15.9. The Morgan fingerprint density at radius 1 is 1.27 bits per heavy atom. The molecule has 0 atom stereocenters. The molecule has 22 heavy (non-hydrogen) atoms. The van der Waals surface area contributed by atoms with Crippen LogP contribution in [0, 0.1) is 5.82 Å². The number of carbonyl (C=O) groups excluding carboxylic acids is 1. The average Bonchev–Trinajstić information content (AvgIpc) is 2.50. The molecular weight excluding hydrogens is 351 g/mol. The van der Waals surface area contributed by atoms with Crippen LogP contribution in [-0.2, 0) is 16.1 Å². The molecule has 0 spiro atoms. The minimum absolute atomic E-state index is 0.00934. The number of anilines is 1. The topological polar surface area (TPSA) is 66.0 Å². The van der Waals surface area contributed by atoms with E-state index in [1.54, 1.807) is 6.07 Å². The monoisotopic (exact) mass is 367 g/mol. The number of hydrogen-bond acceptors (Lipinski definition) is 3. The minimum atomic E-state index is -0.418. The highest BCUT2D eigenvalue weighted by atomic mass is 79.9. The highest BCUT2D eigenvalue weighted by molar-refractivity contribution is 9.10. The number of quaternary nitrogens is 1. The van der Waals surface area contributed by atoms with E-state index in [-0.39, 0.29) is 18.9 Å². The van der Waals surface area contributed by atoms with Crippen LogP contribution in [0.5, 0.6) is 0 Å². The molecule has 0 bridgehead atoms. The maximum atomic E-state index is 13.4. The molecule has 0 radical (unpaired) electrons. The summed E-state index contributed by atoms with van der Waals surface area (Å²) in [6.45, 7) is 0.472. The molecule has 0 heterocycles. The second-order valence-corrected chi connectivity index (χ2v) is 5.65. The molecular formula is C16H17BrFN2O2+. The summed E-state index contributed by atoms with van der Waals surface area (Å²) < 4.78 is 19.5. The lowest BCUT2D eigenvalue weighted by atomic mass is 10.2. The molecule has 0 aliphatic rings. The normalized spacial score (nSPS) is 10.5. The van der Waals surface area contributed by atoms with E-state index in [0.29, 0.717) is 22.5 Å². The van der Waals surface area contributed by atoms with Gasteiger partial charge in [0, 0.05) is 16.6 Å². The van der Waals surface area contributed by atoms with Gasteiger partial charge >= 0.3 is 0 Å². The van der Waals surface area contributed by atoms with Crippen LogP contribution >= 0.6 is 15.9 Å². The Morgan fingerprint density at radius 3 is 2.73 bits per heavy atom. The maximum absolute atomic E-state index is 13.4. The smallest absolute Gasteiger partial charge is 0.185 e. The van der Waals surface area contributed by atoms with E-state index in [0.717, 1.165) is 5.56 Å². The number of rotatable bonds is 7. The number of carbonyl (C=O) groups is 1. The number of nitrogens with one attached hydrogen (secondary N) is 1. The molecule has 2 aromatic carbocycles. The van der Waals surface area contributed by atoms with Gasteiger partial charge in [0.05, 0.1) is 18.8 Å². The molecule has 2 aromatic rings. The van der Waals surface area contributed by atoms with Crippen molar-refractivity contribution in [2.24, 2.45) is 0 Å². The predicted molar refractivity (Wildman–Crippen MR) is 86.2 cm³/mol. The summed E-state index contributed by atoms with van der Waals surface area (Å²) in [5.74, 6) is -0.527. The molecule has 4 nitrogen and oxygen atoms in total. The van der Waals surface area contributed by atoms with Gasteiger partial charge in [-0.25, -0.2) is 4.39 Å². The van der Waals surface area contributed by atoms with Gasteiger partial charge in [-0.05, 0) is 21.5 Å². The molecule has 116 valence electrons. The van der Waals surface area contributed by atoms with E-state index in [4.69, 9.17) is 4.74 Å². The van der Waals surface area contributed by atoms with E-state index >= 15 is 0 Å². The van der Waals surface area contributed by atoms with Crippen molar-refractivity contribution >= 4 is 33.1 Å². The Morgan fingerprint density at radius 2 is 2.00 bits per heavy atom. The van der Waals surface area contributed by atoms with Crippen LogP contribution < -0.4 is 11.1 Å². The number of ketones is 1. The maximum Gasteiger partial charge on any atom is 0.185 e. The molecule has 6 heteroatoms. The molecule has 0 aromatic heterocycles. The van der Waals surface area contributed by atoms with Gasteiger partial charge in [-0.2, -0.15) is 0 Å². The summed E-state index contributed by atoms with van der Waals surface area (Å²) >= 11 is 3.30. The van der Waals surface area contributed by atoms with Crippen molar-refractivity contribution in [2.45, 2.75) is 6.61 Å².